The summed E-state index contributed by atoms with van der Waals surface area (Å²) in [5.74, 6) is 2.64. The molecule has 0 bridgehead atoms. The van der Waals surface area contributed by atoms with E-state index in [-0.39, 0.29) is 6.04 Å². The second-order valence-electron chi connectivity index (χ2n) is 5.43. The van der Waals surface area contributed by atoms with Gasteiger partial charge in [-0.25, -0.2) is 0 Å². The molecule has 1 aliphatic rings. The molecule has 5 nitrogen and oxygen atoms in total. The second kappa shape index (κ2) is 5.25. The highest BCUT2D eigenvalue weighted by Crippen LogP contribution is 2.38. The molecule has 2 N–H and O–H groups in total. The molecule has 0 aliphatic heterocycles. The highest BCUT2D eigenvalue weighted by Gasteiger charge is 2.29. The standard InChI is InChI=1S/C15H19N3O2/c1-9-7-12(10(2)16)5-6-13(9)19-8-14-17-15(20-18-14)11-3-4-11/h5-7,10-11H,3-4,8,16H2,1-2H3/t10-/m1/s1. The number of hydrogen-bond acceptors (Lipinski definition) is 5. The zero-order valence-electron chi connectivity index (χ0n) is 11.8. The first-order valence-corrected chi connectivity index (χ1v) is 6.95. The molecule has 0 unspecified atom stereocenters. The van der Waals surface area contributed by atoms with Gasteiger partial charge in [0.2, 0.25) is 11.7 Å². The number of benzene rings is 1. The zero-order valence-corrected chi connectivity index (χ0v) is 11.8. The predicted molar refractivity (Wildman–Crippen MR) is 74.4 cm³/mol. The van der Waals surface area contributed by atoms with Crippen molar-refractivity contribution in [2.24, 2.45) is 5.73 Å². The van der Waals surface area contributed by atoms with Gasteiger partial charge in [0.25, 0.3) is 0 Å². The van der Waals surface area contributed by atoms with Crippen LogP contribution in [0.15, 0.2) is 22.7 Å². The van der Waals surface area contributed by atoms with Gasteiger partial charge in [0.05, 0.1) is 0 Å². The van der Waals surface area contributed by atoms with Crippen LogP contribution < -0.4 is 10.5 Å². The monoisotopic (exact) mass is 273 g/mol. The predicted octanol–water partition coefficient (Wildman–Crippen LogP) is 2.85. The van der Waals surface area contributed by atoms with E-state index in [2.05, 4.69) is 10.1 Å². The highest BCUT2D eigenvalue weighted by atomic mass is 16.5. The van der Waals surface area contributed by atoms with Crippen LogP contribution in [0.1, 0.15) is 54.6 Å². The van der Waals surface area contributed by atoms with Crippen molar-refractivity contribution in [1.29, 1.82) is 0 Å². The van der Waals surface area contributed by atoms with Crippen molar-refractivity contribution in [2.75, 3.05) is 0 Å². The van der Waals surface area contributed by atoms with Gasteiger partial charge >= 0.3 is 0 Å². The minimum absolute atomic E-state index is 0.0288. The van der Waals surface area contributed by atoms with Gasteiger partial charge in [-0.2, -0.15) is 4.98 Å². The van der Waals surface area contributed by atoms with Crippen molar-refractivity contribution in [3.8, 4) is 5.75 Å². The van der Waals surface area contributed by atoms with Crippen LogP contribution in [0, 0.1) is 6.92 Å². The molecule has 1 saturated carbocycles. The number of aromatic nitrogens is 2. The summed E-state index contributed by atoms with van der Waals surface area (Å²) in [7, 11) is 0. The Labute approximate surface area is 118 Å². The minimum atomic E-state index is 0.0288. The molecule has 0 amide bonds. The van der Waals surface area contributed by atoms with Crippen molar-refractivity contribution in [2.45, 2.75) is 45.3 Å². The van der Waals surface area contributed by atoms with Gasteiger partial charge in [-0.3, -0.25) is 0 Å². The van der Waals surface area contributed by atoms with Gasteiger partial charge in [-0.05, 0) is 43.9 Å². The molecule has 3 rings (SSSR count). The molecule has 1 aromatic carbocycles. The fourth-order valence-electron chi connectivity index (χ4n) is 2.08. The number of nitrogens with zero attached hydrogens (tertiary/aromatic N) is 2. The average molecular weight is 273 g/mol. The third-order valence-corrected chi connectivity index (χ3v) is 3.49. The van der Waals surface area contributed by atoms with E-state index in [0.29, 0.717) is 18.3 Å². The van der Waals surface area contributed by atoms with Crippen molar-refractivity contribution in [3.05, 3.63) is 41.0 Å². The van der Waals surface area contributed by atoms with Gasteiger partial charge in [0.1, 0.15) is 5.75 Å². The van der Waals surface area contributed by atoms with Crippen LogP contribution in [-0.2, 0) is 6.61 Å². The van der Waals surface area contributed by atoms with Gasteiger partial charge in [0.15, 0.2) is 6.61 Å². The van der Waals surface area contributed by atoms with Gasteiger partial charge in [-0.15, -0.1) is 0 Å². The minimum Gasteiger partial charge on any atom is -0.485 e. The topological polar surface area (TPSA) is 74.2 Å². The van der Waals surface area contributed by atoms with Crippen molar-refractivity contribution >= 4 is 0 Å². The largest absolute Gasteiger partial charge is 0.485 e. The number of rotatable bonds is 5. The highest BCUT2D eigenvalue weighted by molar-refractivity contribution is 5.37. The van der Waals surface area contributed by atoms with Gasteiger partial charge in [0, 0.05) is 12.0 Å². The van der Waals surface area contributed by atoms with Crippen LogP contribution in [0.3, 0.4) is 0 Å². The molecule has 0 spiro atoms. The summed E-state index contributed by atoms with van der Waals surface area (Å²) < 4.78 is 10.9. The summed E-state index contributed by atoms with van der Waals surface area (Å²) in [4.78, 5) is 4.34. The molecule has 0 saturated heterocycles. The molecule has 20 heavy (non-hydrogen) atoms. The Morgan fingerprint density at radius 2 is 2.25 bits per heavy atom. The Morgan fingerprint density at radius 1 is 1.45 bits per heavy atom. The summed E-state index contributed by atoms with van der Waals surface area (Å²) in [5.41, 5.74) is 8.02. The Kier molecular flexibility index (Phi) is 3.44. The third-order valence-electron chi connectivity index (χ3n) is 3.49. The normalized spacial score (nSPS) is 16.1. The Balaban J connectivity index is 1.65. The molecule has 1 atom stereocenters. The molecular formula is C15H19N3O2. The molecule has 0 radical (unpaired) electrons. The summed E-state index contributed by atoms with van der Waals surface area (Å²) in [6.07, 6.45) is 2.31. The third kappa shape index (κ3) is 2.82. The molecule has 5 heteroatoms. The van der Waals surface area contributed by atoms with Gasteiger partial charge < -0.3 is 15.0 Å². The first-order chi connectivity index (χ1) is 9.63. The fraction of sp³-hybridized carbons (Fsp3) is 0.467. The van der Waals surface area contributed by atoms with E-state index in [1.165, 1.54) is 0 Å². The summed E-state index contributed by atoms with van der Waals surface area (Å²) >= 11 is 0. The van der Waals surface area contributed by atoms with Gasteiger partial charge in [-0.1, -0.05) is 17.3 Å². The lowest BCUT2D eigenvalue weighted by Crippen LogP contribution is -2.06. The first-order valence-electron chi connectivity index (χ1n) is 6.95. The number of hydrogen-bond donors (Lipinski definition) is 1. The van der Waals surface area contributed by atoms with Crippen molar-refractivity contribution in [3.63, 3.8) is 0 Å². The molecule has 2 aromatic rings. The summed E-state index contributed by atoms with van der Waals surface area (Å²) in [6, 6.07) is 6.00. The van der Waals surface area contributed by atoms with Crippen LogP contribution in [0.25, 0.3) is 0 Å². The first kappa shape index (κ1) is 13.1. The fourth-order valence-corrected chi connectivity index (χ4v) is 2.08. The number of ether oxygens (including phenoxy) is 1. The maximum absolute atomic E-state index is 5.86. The molecule has 1 fully saturated rings. The summed E-state index contributed by atoms with van der Waals surface area (Å²) in [6.45, 7) is 4.30. The number of nitrogens with two attached hydrogens (primary N) is 1. The van der Waals surface area contributed by atoms with E-state index in [4.69, 9.17) is 15.0 Å². The SMILES string of the molecule is Cc1cc([C@@H](C)N)ccc1OCc1noc(C2CC2)n1. The lowest BCUT2D eigenvalue weighted by atomic mass is 10.1. The molecule has 1 aliphatic carbocycles. The maximum Gasteiger partial charge on any atom is 0.229 e. The smallest absolute Gasteiger partial charge is 0.229 e. The van der Waals surface area contributed by atoms with E-state index in [9.17, 15) is 0 Å². The van der Waals surface area contributed by atoms with E-state index in [1.54, 1.807) is 0 Å². The quantitative estimate of drug-likeness (QED) is 0.906. The van der Waals surface area contributed by atoms with E-state index in [0.717, 1.165) is 35.6 Å². The van der Waals surface area contributed by atoms with Crippen molar-refractivity contribution in [1.82, 2.24) is 10.1 Å². The Bertz CT molecular complexity index is 603. The zero-order chi connectivity index (χ0) is 14.1. The van der Waals surface area contributed by atoms with Crippen LogP contribution in [0.2, 0.25) is 0 Å². The lowest BCUT2D eigenvalue weighted by molar-refractivity contribution is 0.283. The van der Waals surface area contributed by atoms with Crippen LogP contribution >= 0.6 is 0 Å². The van der Waals surface area contributed by atoms with Crippen molar-refractivity contribution < 1.29 is 9.26 Å². The van der Waals surface area contributed by atoms with Crippen LogP contribution in [0.5, 0.6) is 5.75 Å². The van der Waals surface area contributed by atoms with Crippen LogP contribution in [-0.4, -0.2) is 10.1 Å². The molecule has 106 valence electrons. The second-order valence-corrected chi connectivity index (χ2v) is 5.43. The average Bonchev–Trinajstić information content (AvgIpc) is 3.17. The van der Waals surface area contributed by atoms with E-state index >= 15 is 0 Å². The molecule has 1 aromatic heterocycles. The van der Waals surface area contributed by atoms with E-state index < -0.39 is 0 Å². The number of aryl methyl sites for hydroxylation is 1. The maximum atomic E-state index is 5.86. The molecule has 1 heterocycles. The van der Waals surface area contributed by atoms with E-state index in [1.807, 2.05) is 32.0 Å². The lowest BCUT2D eigenvalue weighted by Gasteiger charge is -2.11. The van der Waals surface area contributed by atoms with Crippen LogP contribution in [0.4, 0.5) is 0 Å². The Morgan fingerprint density at radius 3 is 2.90 bits per heavy atom. The summed E-state index contributed by atoms with van der Waals surface area (Å²) in [5, 5.41) is 3.94. The molecular weight excluding hydrogens is 254 g/mol. The Hall–Kier alpha value is -1.88.